The van der Waals surface area contributed by atoms with E-state index >= 15 is 0 Å². The molecule has 0 N–H and O–H groups in total. The third-order valence-corrected chi connectivity index (χ3v) is 6.13. The number of likely N-dealkylation sites (tertiary alicyclic amines) is 1. The van der Waals surface area contributed by atoms with Crippen molar-refractivity contribution < 1.29 is 31.8 Å². The molecule has 3 heterocycles. The third kappa shape index (κ3) is 3.69. The van der Waals surface area contributed by atoms with E-state index in [1.54, 1.807) is 24.0 Å². The molecule has 1 aromatic heterocycles. The Balaban J connectivity index is 1.41. The molecule has 0 radical (unpaired) electrons. The summed E-state index contributed by atoms with van der Waals surface area (Å²) in [5.74, 6) is -0.944. The van der Waals surface area contributed by atoms with E-state index in [2.05, 4.69) is 9.84 Å². The van der Waals surface area contributed by atoms with Gasteiger partial charge in [-0.25, -0.2) is 4.39 Å². The Morgan fingerprint density at radius 3 is 2.61 bits per heavy atom. The van der Waals surface area contributed by atoms with Gasteiger partial charge in [0.1, 0.15) is 22.9 Å². The van der Waals surface area contributed by atoms with E-state index in [1.807, 2.05) is 0 Å². The molecule has 172 valence electrons. The predicted molar refractivity (Wildman–Crippen MR) is 109 cm³/mol. The zero-order valence-electron chi connectivity index (χ0n) is 17.5. The lowest BCUT2D eigenvalue weighted by Crippen LogP contribution is -2.49. The third-order valence-electron chi connectivity index (χ3n) is 6.13. The van der Waals surface area contributed by atoms with Gasteiger partial charge in [0.05, 0.1) is 17.5 Å². The van der Waals surface area contributed by atoms with Crippen LogP contribution >= 0.6 is 0 Å². The number of aromatic nitrogens is 2. The number of para-hydroxylation sites is 1. The minimum absolute atomic E-state index is 0.154. The number of fused-ring (bicyclic) bond motifs is 4. The van der Waals surface area contributed by atoms with Gasteiger partial charge in [0.15, 0.2) is 0 Å². The summed E-state index contributed by atoms with van der Waals surface area (Å²) >= 11 is 0. The maximum atomic E-state index is 13.9. The molecule has 0 aliphatic carbocycles. The van der Waals surface area contributed by atoms with Crippen molar-refractivity contribution >= 4 is 5.91 Å². The van der Waals surface area contributed by atoms with Crippen LogP contribution in [0.15, 0.2) is 48.7 Å². The van der Waals surface area contributed by atoms with Gasteiger partial charge in [-0.05, 0) is 30.3 Å². The van der Waals surface area contributed by atoms with Crippen LogP contribution in [0.4, 0.5) is 17.6 Å². The molecule has 1 saturated heterocycles. The van der Waals surface area contributed by atoms with E-state index in [4.69, 9.17) is 4.74 Å². The van der Waals surface area contributed by atoms with Gasteiger partial charge in [0, 0.05) is 44.1 Å². The largest absolute Gasteiger partial charge is 0.573 e. The first-order valence-electron chi connectivity index (χ1n) is 10.3. The Labute approximate surface area is 186 Å². The van der Waals surface area contributed by atoms with Gasteiger partial charge in [-0.2, -0.15) is 5.10 Å². The number of piperidine rings is 1. The van der Waals surface area contributed by atoms with Crippen LogP contribution in [0.2, 0.25) is 0 Å². The Kier molecular flexibility index (Phi) is 4.84. The molecule has 5 rings (SSSR count). The van der Waals surface area contributed by atoms with Crippen molar-refractivity contribution in [2.24, 2.45) is 7.05 Å². The first-order chi connectivity index (χ1) is 15.7. The van der Waals surface area contributed by atoms with Crippen molar-refractivity contribution in [3.8, 4) is 22.8 Å². The second kappa shape index (κ2) is 7.50. The zero-order valence-corrected chi connectivity index (χ0v) is 17.5. The van der Waals surface area contributed by atoms with Gasteiger partial charge in [0.2, 0.25) is 0 Å². The highest BCUT2D eigenvalue weighted by Crippen LogP contribution is 2.49. The summed E-state index contributed by atoms with van der Waals surface area (Å²) in [6.07, 6.45) is -2.41. The normalized spacial score (nSPS) is 16.7. The molecule has 6 nitrogen and oxygen atoms in total. The van der Waals surface area contributed by atoms with E-state index < -0.39 is 23.6 Å². The van der Waals surface area contributed by atoms with Crippen LogP contribution in [0, 0.1) is 5.82 Å². The van der Waals surface area contributed by atoms with Crippen molar-refractivity contribution in [3.63, 3.8) is 0 Å². The van der Waals surface area contributed by atoms with Crippen LogP contribution in [0.1, 0.15) is 28.8 Å². The summed E-state index contributed by atoms with van der Waals surface area (Å²) < 4.78 is 64.2. The highest BCUT2D eigenvalue weighted by molar-refractivity contribution is 5.97. The lowest BCUT2D eigenvalue weighted by atomic mass is 9.81. The second-order valence-electron chi connectivity index (χ2n) is 8.10. The van der Waals surface area contributed by atoms with Crippen LogP contribution in [-0.4, -0.2) is 40.0 Å². The van der Waals surface area contributed by atoms with E-state index in [-0.39, 0.29) is 24.5 Å². The fourth-order valence-corrected chi connectivity index (χ4v) is 4.60. The lowest BCUT2D eigenvalue weighted by molar-refractivity contribution is -0.274. The number of hydrogen-bond acceptors (Lipinski definition) is 4. The van der Waals surface area contributed by atoms with Crippen molar-refractivity contribution in [1.82, 2.24) is 14.7 Å². The Morgan fingerprint density at radius 1 is 1.15 bits per heavy atom. The van der Waals surface area contributed by atoms with Crippen LogP contribution in [0.5, 0.6) is 11.5 Å². The quantitative estimate of drug-likeness (QED) is 0.522. The number of aryl methyl sites for hydroxylation is 1. The summed E-state index contributed by atoms with van der Waals surface area (Å²) in [6.45, 7) is 0.508. The predicted octanol–water partition coefficient (Wildman–Crippen LogP) is 4.65. The molecule has 1 spiro atoms. The summed E-state index contributed by atoms with van der Waals surface area (Å²) in [4.78, 5) is 14.5. The maximum Gasteiger partial charge on any atom is 0.573 e. The number of rotatable bonds is 2. The summed E-state index contributed by atoms with van der Waals surface area (Å²) in [7, 11) is 1.77. The number of carbonyl (C=O) groups is 1. The SMILES string of the molecule is Cn1ncc2c1-c1cc(F)ccc1OC21CCN(C(=O)c2ccccc2OC(F)(F)F)CC1. The molecule has 0 unspecified atom stereocenters. The number of hydrogen-bond donors (Lipinski definition) is 0. The molecular formula is C23H19F4N3O3. The maximum absolute atomic E-state index is 13.9. The molecule has 3 aromatic rings. The molecule has 2 aliphatic rings. The number of nitrogens with zero attached hydrogens (tertiary/aromatic N) is 3. The molecule has 0 saturated carbocycles. The fraction of sp³-hybridized carbons (Fsp3) is 0.304. The molecule has 2 aliphatic heterocycles. The van der Waals surface area contributed by atoms with Crippen molar-refractivity contribution in [2.75, 3.05) is 13.1 Å². The molecule has 1 fully saturated rings. The average molecular weight is 461 g/mol. The van der Waals surface area contributed by atoms with Gasteiger partial charge >= 0.3 is 6.36 Å². The standard InChI is InChI=1S/C23H19F4N3O3/c1-29-20-16-12-14(24)6-7-19(16)32-22(17(20)13-28-29)8-10-30(11-9-22)21(31)15-4-2-3-5-18(15)33-23(25,26)27/h2-7,12-13H,8-11H2,1H3. The first kappa shape index (κ1) is 21.3. The molecule has 2 aromatic carbocycles. The highest BCUT2D eigenvalue weighted by atomic mass is 19.4. The minimum Gasteiger partial charge on any atom is -0.482 e. The van der Waals surface area contributed by atoms with Crippen LogP contribution in [0.25, 0.3) is 11.3 Å². The molecule has 33 heavy (non-hydrogen) atoms. The molecule has 10 heteroatoms. The second-order valence-corrected chi connectivity index (χ2v) is 8.10. The van der Waals surface area contributed by atoms with Crippen LogP contribution in [0.3, 0.4) is 0 Å². The van der Waals surface area contributed by atoms with Crippen molar-refractivity contribution in [1.29, 1.82) is 0 Å². The zero-order chi connectivity index (χ0) is 23.4. The van der Waals surface area contributed by atoms with Crippen LogP contribution in [-0.2, 0) is 12.6 Å². The molecule has 0 bridgehead atoms. The number of alkyl halides is 3. The van der Waals surface area contributed by atoms with Crippen molar-refractivity contribution in [3.05, 3.63) is 65.6 Å². The van der Waals surface area contributed by atoms with Gasteiger partial charge in [-0.3, -0.25) is 9.48 Å². The summed E-state index contributed by atoms with van der Waals surface area (Å²) in [5.41, 5.74) is 1.23. The smallest absolute Gasteiger partial charge is 0.482 e. The Bertz CT molecular complexity index is 1230. The lowest BCUT2D eigenvalue weighted by Gasteiger charge is -2.44. The van der Waals surface area contributed by atoms with E-state index in [9.17, 15) is 22.4 Å². The van der Waals surface area contributed by atoms with Gasteiger partial charge < -0.3 is 14.4 Å². The molecule has 1 amide bonds. The average Bonchev–Trinajstić information content (AvgIpc) is 3.17. The Hall–Kier alpha value is -3.56. The van der Waals surface area contributed by atoms with E-state index in [0.717, 1.165) is 17.3 Å². The molecular weight excluding hydrogens is 442 g/mol. The van der Waals surface area contributed by atoms with E-state index in [0.29, 0.717) is 24.2 Å². The van der Waals surface area contributed by atoms with Gasteiger partial charge in [-0.15, -0.1) is 13.2 Å². The summed E-state index contributed by atoms with van der Waals surface area (Å²) in [6, 6.07) is 9.60. The summed E-state index contributed by atoms with van der Waals surface area (Å²) in [5, 5.41) is 4.33. The minimum atomic E-state index is -4.90. The fourth-order valence-electron chi connectivity index (χ4n) is 4.60. The number of halogens is 4. The van der Waals surface area contributed by atoms with E-state index in [1.165, 1.54) is 35.2 Å². The first-order valence-corrected chi connectivity index (χ1v) is 10.3. The monoisotopic (exact) mass is 461 g/mol. The highest BCUT2D eigenvalue weighted by Gasteiger charge is 2.46. The number of carbonyl (C=O) groups excluding carboxylic acids is 1. The van der Waals surface area contributed by atoms with Crippen molar-refractivity contribution in [2.45, 2.75) is 24.8 Å². The van der Waals surface area contributed by atoms with Gasteiger partial charge in [0.25, 0.3) is 5.91 Å². The number of amides is 1. The number of ether oxygens (including phenoxy) is 2. The van der Waals surface area contributed by atoms with Gasteiger partial charge in [-0.1, -0.05) is 12.1 Å². The number of benzene rings is 2. The molecule has 0 atom stereocenters. The van der Waals surface area contributed by atoms with Crippen LogP contribution < -0.4 is 9.47 Å². The topological polar surface area (TPSA) is 56.6 Å². The Morgan fingerprint density at radius 2 is 1.88 bits per heavy atom.